The van der Waals surface area contributed by atoms with Gasteiger partial charge in [0.25, 0.3) is 0 Å². The molecular weight excluding hydrogens is 875 g/mol. The van der Waals surface area contributed by atoms with E-state index < -0.39 is 49.5 Å². The summed E-state index contributed by atoms with van der Waals surface area (Å²) in [7, 11) is 0. The number of allylic oxidation sites excluding steroid dienone is 15. The Morgan fingerprint density at radius 2 is 0.886 bits per heavy atom. The molecule has 0 aromatic carbocycles. The topological polar surface area (TPSA) is 149 Å². The maximum absolute atomic E-state index is 13.0. The SMILES string of the molecule is CC/C=C\C/C=C\C/C=C\C/C=C\C/C=C\C/C=C\C/C=C\CCCCCCCCCCCCCCCCCCCC(=O)NC(COC1OC(CO)C(O)C(O)C1O)C(O)/C=C/CCCCCCCC. The molecule has 1 saturated heterocycles. The minimum Gasteiger partial charge on any atom is -0.394 e. The van der Waals surface area contributed by atoms with Gasteiger partial charge in [0.05, 0.1) is 25.4 Å². The summed E-state index contributed by atoms with van der Waals surface area (Å²) in [5.74, 6) is -0.182. The molecule has 9 nitrogen and oxygen atoms in total. The minimum atomic E-state index is -1.57. The second kappa shape index (κ2) is 49.7. The zero-order chi connectivity index (χ0) is 50.8. The van der Waals surface area contributed by atoms with E-state index in [2.05, 4.69) is 104 Å². The average molecular weight is 981 g/mol. The van der Waals surface area contributed by atoms with E-state index in [9.17, 15) is 30.3 Å². The molecule has 1 heterocycles. The summed E-state index contributed by atoms with van der Waals surface area (Å²) in [6, 6.07) is -0.805. The fourth-order valence-corrected chi connectivity index (χ4v) is 8.43. The molecule has 1 aliphatic rings. The second-order valence-electron chi connectivity index (χ2n) is 19.4. The smallest absolute Gasteiger partial charge is 0.220 e. The summed E-state index contributed by atoms with van der Waals surface area (Å²) >= 11 is 0. The quantitative estimate of drug-likeness (QED) is 0.0261. The Bertz CT molecular complexity index is 1420. The average Bonchev–Trinajstić information content (AvgIpc) is 3.36. The standard InChI is InChI=1S/C61H105NO8/c1-3-5-7-9-11-13-14-15-16-17-18-19-20-21-22-23-24-25-26-27-28-29-30-31-32-33-34-35-36-37-38-39-40-41-42-43-45-47-49-51-57(65)62-54(55(64)50-48-46-44-12-10-8-6-4-2)53-69-61-60(68)59(67)58(66)56(52-63)70-61/h5,7,11,13,15-16,18-19,21-22,24-25,27-28,48,50,54-56,58-61,63-64,66-68H,3-4,6,8-10,12,14,17,20,23,26,29-47,49,51-53H2,1-2H3,(H,62,65)/b7-5-,13-11-,16-15-,19-18-,22-21-,25-24-,28-27-,50-48+. The molecule has 0 radical (unpaired) electrons. The molecule has 1 fully saturated rings. The van der Waals surface area contributed by atoms with E-state index >= 15 is 0 Å². The van der Waals surface area contributed by atoms with Gasteiger partial charge in [-0.15, -0.1) is 0 Å². The molecule has 0 aromatic rings. The van der Waals surface area contributed by atoms with Crippen LogP contribution in [-0.4, -0.2) is 87.5 Å². The molecule has 0 bridgehead atoms. The van der Waals surface area contributed by atoms with Gasteiger partial charge >= 0.3 is 0 Å². The maximum atomic E-state index is 13.0. The molecule has 7 atom stereocenters. The van der Waals surface area contributed by atoms with Gasteiger partial charge in [-0.25, -0.2) is 0 Å². The number of carbonyl (C=O) groups is 1. The Labute approximate surface area is 428 Å². The number of hydrogen-bond donors (Lipinski definition) is 6. The third-order valence-corrected chi connectivity index (χ3v) is 12.9. The van der Waals surface area contributed by atoms with Crippen LogP contribution in [0, 0.1) is 0 Å². The van der Waals surface area contributed by atoms with Crippen molar-refractivity contribution in [2.24, 2.45) is 0 Å². The Balaban J connectivity index is 2.04. The van der Waals surface area contributed by atoms with Crippen molar-refractivity contribution in [1.29, 1.82) is 0 Å². The first-order chi connectivity index (χ1) is 34.3. The van der Waals surface area contributed by atoms with Crippen molar-refractivity contribution < 1.29 is 39.8 Å². The van der Waals surface area contributed by atoms with Gasteiger partial charge in [-0.05, 0) is 77.0 Å². The van der Waals surface area contributed by atoms with Crippen molar-refractivity contribution in [3.63, 3.8) is 0 Å². The lowest BCUT2D eigenvalue weighted by atomic mass is 9.99. The van der Waals surface area contributed by atoms with Crippen LogP contribution in [-0.2, 0) is 14.3 Å². The van der Waals surface area contributed by atoms with Crippen molar-refractivity contribution in [2.45, 2.75) is 269 Å². The van der Waals surface area contributed by atoms with Crippen molar-refractivity contribution in [1.82, 2.24) is 5.32 Å². The molecule has 0 spiro atoms. The molecule has 0 aromatic heterocycles. The number of ether oxygens (including phenoxy) is 2. The lowest BCUT2D eigenvalue weighted by Crippen LogP contribution is -2.60. The normalized spacial score (nSPS) is 20.1. The molecule has 70 heavy (non-hydrogen) atoms. The van der Waals surface area contributed by atoms with Gasteiger partial charge in [0, 0.05) is 6.42 Å². The van der Waals surface area contributed by atoms with Crippen LogP contribution >= 0.6 is 0 Å². The minimum absolute atomic E-state index is 0.182. The molecule has 9 heteroatoms. The lowest BCUT2D eigenvalue weighted by molar-refractivity contribution is -0.302. The van der Waals surface area contributed by atoms with Gasteiger partial charge in [-0.2, -0.15) is 0 Å². The summed E-state index contributed by atoms with van der Waals surface area (Å²) < 4.78 is 11.2. The van der Waals surface area contributed by atoms with Gasteiger partial charge in [0.15, 0.2) is 6.29 Å². The first-order valence-corrected chi connectivity index (χ1v) is 28.5. The third kappa shape index (κ3) is 38.7. The Morgan fingerprint density at radius 3 is 1.31 bits per heavy atom. The van der Waals surface area contributed by atoms with Gasteiger partial charge < -0.3 is 40.3 Å². The number of unbranched alkanes of at least 4 members (excludes halogenated alkanes) is 23. The highest BCUT2D eigenvalue weighted by Gasteiger charge is 2.44. The summed E-state index contributed by atoms with van der Waals surface area (Å²) in [6.45, 7) is 3.61. The fraction of sp³-hybridized carbons (Fsp3) is 0.721. The summed E-state index contributed by atoms with van der Waals surface area (Å²) in [5.41, 5.74) is 0. The van der Waals surface area contributed by atoms with Gasteiger partial charge in [-0.3, -0.25) is 4.79 Å². The van der Waals surface area contributed by atoms with Gasteiger partial charge in [0.2, 0.25) is 5.91 Å². The summed E-state index contributed by atoms with van der Waals surface area (Å²) in [4.78, 5) is 13.0. The van der Waals surface area contributed by atoms with Crippen LogP contribution in [0.4, 0.5) is 0 Å². The number of aliphatic hydroxyl groups excluding tert-OH is 5. The van der Waals surface area contributed by atoms with E-state index in [0.29, 0.717) is 6.42 Å². The predicted molar refractivity (Wildman–Crippen MR) is 294 cm³/mol. The third-order valence-electron chi connectivity index (χ3n) is 12.9. The molecule has 0 saturated carbocycles. The number of rotatable bonds is 47. The van der Waals surface area contributed by atoms with Crippen molar-refractivity contribution in [3.05, 3.63) is 97.2 Å². The van der Waals surface area contributed by atoms with Crippen LogP contribution in [0.15, 0.2) is 97.2 Å². The second-order valence-corrected chi connectivity index (χ2v) is 19.4. The van der Waals surface area contributed by atoms with E-state index in [4.69, 9.17) is 9.47 Å². The zero-order valence-electron chi connectivity index (χ0n) is 44.5. The largest absolute Gasteiger partial charge is 0.394 e. The van der Waals surface area contributed by atoms with E-state index in [1.54, 1.807) is 6.08 Å². The Hall–Kier alpha value is -2.89. The predicted octanol–water partition coefficient (Wildman–Crippen LogP) is 14.0. The highest BCUT2D eigenvalue weighted by atomic mass is 16.7. The number of carbonyl (C=O) groups excluding carboxylic acids is 1. The van der Waals surface area contributed by atoms with Crippen LogP contribution in [0.5, 0.6) is 0 Å². The fourth-order valence-electron chi connectivity index (χ4n) is 8.43. The zero-order valence-corrected chi connectivity index (χ0v) is 44.5. The summed E-state index contributed by atoms with van der Waals surface area (Å²) in [6.07, 6.45) is 65.1. The molecule has 6 N–H and O–H groups in total. The molecule has 0 aliphatic carbocycles. The van der Waals surface area contributed by atoms with E-state index in [1.807, 2.05) is 6.08 Å². The van der Waals surface area contributed by atoms with Crippen LogP contribution in [0.25, 0.3) is 0 Å². The monoisotopic (exact) mass is 980 g/mol. The molecule has 7 unspecified atom stereocenters. The summed E-state index contributed by atoms with van der Waals surface area (Å²) in [5, 5.41) is 54.1. The Kier molecular flexibility index (Phi) is 46.2. The molecular formula is C61H105NO8. The molecule has 1 amide bonds. The lowest BCUT2D eigenvalue weighted by Gasteiger charge is -2.40. The van der Waals surface area contributed by atoms with Crippen LogP contribution < -0.4 is 5.32 Å². The van der Waals surface area contributed by atoms with Crippen LogP contribution in [0.2, 0.25) is 0 Å². The van der Waals surface area contributed by atoms with Crippen molar-refractivity contribution in [2.75, 3.05) is 13.2 Å². The van der Waals surface area contributed by atoms with Crippen LogP contribution in [0.3, 0.4) is 0 Å². The number of nitrogens with one attached hydrogen (secondary N) is 1. The highest BCUT2D eigenvalue weighted by molar-refractivity contribution is 5.76. The highest BCUT2D eigenvalue weighted by Crippen LogP contribution is 2.23. The molecule has 1 aliphatic heterocycles. The van der Waals surface area contributed by atoms with Crippen LogP contribution in [0.1, 0.15) is 226 Å². The van der Waals surface area contributed by atoms with E-state index in [-0.39, 0.29) is 12.5 Å². The van der Waals surface area contributed by atoms with E-state index in [1.165, 1.54) is 122 Å². The maximum Gasteiger partial charge on any atom is 0.220 e. The van der Waals surface area contributed by atoms with Crippen molar-refractivity contribution in [3.8, 4) is 0 Å². The van der Waals surface area contributed by atoms with Crippen molar-refractivity contribution >= 4 is 5.91 Å². The number of hydrogen-bond acceptors (Lipinski definition) is 8. The first-order valence-electron chi connectivity index (χ1n) is 28.5. The van der Waals surface area contributed by atoms with Gasteiger partial charge in [-0.1, -0.05) is 239 Å². The van der Waals surface area contributed by atoms with Gasteiger partial charge in [0.1, 0.15) is 24.4 Å². The molecule has 1 rings (SSSR count). The Morgan fingerprint density at radius 1 is 0.500 bits per heavy atom. The number of amides is 1. The molecule has 402 valence electrons. The first kappa shape index (κ1) is 65.1. The number of aliphatic hydroxyl groups is 5. The van der Waals surface area contributed by atoms with E-state index in [0.717, 1.165) is 83.5 Å².